The van der Waals surface area contributed by atoms with Crippen molar-refractivity contribution >= 4 is 44.8 Å². The zero-order valence-corrected chi connectivity index (χ0v) is 13.4. The molecule has 0 aliphatic carbocycles. The molecule has 0 aliphatic heterocycles. The van der Waals surface area contributed by atoms with Crippen LogP contribution in [0.5, 0.6) is 0 Å². The van der Waals surface area contributed by atoms with E-state index in [1.165, 1.54) is 11.3 Å². The van der Waals surface area contributed by atoms with E-state index in [1.54, 1.807) is 25.2 Å². The number of thiophene rings is 1. The number of carbonyl (C=O) groups is 2. The van der Waals surface area contributed by atoms with Gasteiger partial charge in [-0.05, 0) is 52.0 Å². The van der Waals surface area contributed by atoms with Gasteiger partial charge in [0.15, 0.2) is 0 Å². The SMILES string of the molecule is CNC(=O)c1cccc(NC(=O)c2sccc2Br)c1C. The standard InChI is InChI=1S/C14H13BrN2O2S/c1-8-9(13(18)16-2)4-3-5-11(8)17-14(19)12-10(15)6-7-20-12/h3-7H,1-2H3,(H,16,18)(H,17,19). The zero-order chi connectivity index (χ0) is 14.7. The highest BCUT2D eigenvalue weighted by atomic mass is 79.9. The maximum Gasteiger partial charge on any atom is 0.266 e. The third-order valence-corrected chi connectivity index (χ3v) is 4.71. The average Bonchev–Trinajstić information content (AvgIpc) is 2.86. The molecule has 2 N–H and O–H groups in total. The molecule has 0 radical (unpaired) electrons. The van der Waals surface area contributed by atoms with Crippen molar-refractivity contribution in [3.05, 3.63) is 50.1 Å². The molecule has 104 valence electrons. The number of halogens is 1. The second kappa shape index (κ2) is 6.19. The molecule has 6 heteroatoms. The first-order chi connectivity index (χ1) is 9.54. The van der Waals surface area contributed by atoms with E-state index in [0.29, 0.717) is 16.1 Å². The van der Waals surface area contributed by atoms with Crippen LogP contribution in [0.15, 0.2) is 34.1 Å². The number of nitrogens with one attached hydrogen (secondary N) is 2. The minimum Gasteiger partial charge on any atom is -0.355 e. The fourth-order valence-corrected chi connectivity index (χ4v) is 3.23. The van der Waals surface area contributed by atoms with Crippen LogP contribution >= 0.6 is 27.3 Å². The molecule has 2 rings (SSSR count). The minimum atomic E-state index is -0.191. The molecule has 4 nitrogen and oxygen atoms in total. The highest BCUT2D eigenvalue weighted by molar-refractivity contribution is 9.10. The molecular formula is C14H13BrN2O2S. The molecule has 1 aromatic carbocycles. The van der Waals surface area contributed by atoms with Crippen LogP contribution in [-0.4, -0.2) is 18.9 Å². The summed E-state index contributed by atoms with van der Waals surface area (Å²) in [6.07, 6.45) is 0. The van der Waals surface area contributed by atoms with Gasteiger partial charge in [0.25, 0.3) is 11.8 Å². The van der Waals surface area contributed by atoms with Crippen LogP contribution in [0.3, 0.4) is 0 Å². The monoisotopic (exact) mass is 352 g/mol. The number of anilines is 1. The number of amides is 2. The molecule has 0 saturated heterocycles. The Balaban J connectivity index is 2.29. The van der Waals surface area contributed by atoms with Crippen molar-refractivity contribution in [3.63, 3.8) is 0 Å². The molecule has 0 saturated carbocycles. The lowest BCUT2D eigenvalue weighted by molar-refractivity contribution is 0.0961. The third kappa shape index (κ3) is 2.91. The summed E-state index contributed by atoms with van der Waals surface area (Å²) in [5.41, 5.74) is 1.93. The van der Waals surface area contributed by atoms with Crippen molar-refractivity contribution in [3.8, 4) is 0 Å². The van der Waals surface area contributed by atoms with Crippen LogP contribution in [0.4, 0.5) is 5.69 Å². The molecular weight excluding hydrogens is 340 g/mol. The van der Waals surface area contributed by atoms with Gasteiger partial charge >= 0.3 is 0 Å². The van der Waals surface area contributed by atoms with Gasteiger partial charge < -0.3 is 10.6 Å². The van der Waals surface area contributed by atoms with Crippen molar-refractivity contribution < 1.29 is 9.59 Å². The van der Waals surface area contributed by atoms with E-state index in [0.717, 1.165) is 10.0 Å². The first-order valence-electron chi connectivity index (χ1n) is 5.90. The number of carbonyl (C=O) groups excluding carboxylic acids is 2. The second-order valence-electron chi connectivity index (χ2n) is 4.11. The minimum absolute atomic E-state index is 0.170. The Morgan fingerprint density at radius 1 is 1.20 bits per heavy atom. The Morgan fingerprint density at radius 2 is 1.95 bits per heavy atom. The van der Waals surface area contributed by atoms with Crippen molar-refractivity contribution in [1.82, 2.24) is 5.32 Å². The Morgan fingerprint density at radius 3 is 2.55 bits per heavy atom. The van der Waals surface area contributed by atoms with E-state index in [9.17, 15) is 9.59 Å². The van der Waals surface area contributed by atoms with E-state index < -0.39 is 0 Å². The first kappa shape index (κ1) is 14.7. The summed E-state index contributed by atoms with van der Waals surface area (Å²) in [7, 11) is 1.58. The predicted molar refractivity (Wildman–Crippen MR) is 84.5 cm³/mol. The lowest BCUT2D eigenvalue weighted by Crippen LogP contribution is -2.20. The molecule has 2 amide bonds. The predicted octanol–water partition coefficient (Wildman–Crippen LogP) is 3.43. The highest BCUT2D eigenvalue weighted by Gasteiger charge is 2.15. The van der Waals surface area contributed by atoms with Crippen molar-refractivity contribution in [2.24, 2.45) is 0 Å². The Kier molecular flexibility index (Phi) is 4.57. The molecule has 0 fully saturated rings. The second-order valence-corrected chi connectivity index (χ2v) is 5.88. The van der Waals surface area contributed by atoms with Gasteiger partial charge in [0.2, 0.25) is 0 Å². The van der Waals surface area contributed by atoms with Gasteiger partial charge in [0.1, 0.15) is 4.88 Å². The van der Waals surface area contributed by atoms with Crippen molar-refractivity contribution in [1.29, 1.82) is 0 Å². The van der Waals surface area contributed by atoms with Crippen LogP contribution in [0.1, 0.15) is 25.6 Å². The van der Waals surface area contributed by atoms with Crippen LogP contribution in [-0.2, 0) is 0 Å². The smallest absolute Gasteiger partial charge is 0.266 e. The summed E-state index contributed by atoms with van der Waals surface area (Å²) in [6, 6.07) is 7.08. The molecule has 0 aliphatic rings. The van der Waals surface area contributed by atoms with E-state index in [4.69, 9.17) is 0 Å². The van der Waals surface area contributed by atoms with Crippen molar-refractivity contribution in [2.75, 3.05) is 12.4 Å². The van der Waals surface area contributed by atoms with Crippen LogP contribution < -0.4 is 10.6 Å². The largest absolute Gasteiger partial charge is 0.355 e. The summed E-state index contributed by atoms with van der Waals surface area (Å²) < 4.78 is 0.764. The third-order valence-electron chi connectivity index (χ3n) is 2.88. The maximum absolute atomic E-state index is 12.2. The summed E-state index contributed by atoms with van der Waals surface area (Å²) in [5, 5.41) is 7.26. The van der Waals surface area contributed by atoms with E-state index >= 15 is 0 Å². The molecule has 0 spiro atoms. The van der Waals surface area contributed by atoms with Crippen molar-refractivity contribution in [2.45, 2.75) is 6.92 Å². The molecule has 0 unspecified atom stereocenters. The summed E-state index contributed by atoms with van der Waals surface area (Å²) >= 11 is 4.69. The van der Waals surface area contributed by atoms with Gasteiger partial charge in [-0.3, -0.25) is 9.59 Å². The van der Waals surface area contributed by atoms with E-state index in [1.807, 2.05) is 18.4 Å². The van der Waals surface area contributed by atoms with Crippen LogP contribution in [0.25, 0.3) is 0 Å². The average molecular weight is 353 g/mol. The molecule has 1 heterocycles. The number of hydrogen-bond acceptors (Lipinski definition) is 3. The fourth-order valence-electron chi connectivity index (χ4n) is 1.79. The van der Waals surface area contributed by atoms with E-state index in [-0.39, 0.29) is 11.8 Å². The zero-order valence-electron chi connectivity index (χ0n) is 11.0. The van der Waals surface area contributed by atoms with Gasteiger partial charge in [-0.2, -0.15) is 0 Å². The normalized spacial score (nSPS) is 10.2. The first-order valence-corrected chi connectivity index (χ1v) is 7.58. The Bertz CT molecular complexity index is 667. The number of benzene rings is 1. The number of hydrogen-bond donors (Lipinski definition) is 2. The summed E-state index contributed by atoms with van der Waals surface area (Å²) in [6.45, 7) is 1.81. The van der Waals surface area contributed by atoms with Gasteiger partial charge in [-0.15, -0.1) is 11.3 Å². The molecule has 20 heavy (non-hydrogen) atoms. The van der Waals surface area contributed by atoms with Gasteiger partial charge in [-0.25, -0.2) is 0 Å². The molecule has 2 aromatic rings. The lowest BCUT2D eigenvalue weighted by atomic mass is 10.1. The van der Waals surface area contributed by atoms with E-state index in [2.05, 4.69) is 26.6 Å². The Labute approximate surface area is 129 Å². The Hall–Kier alpha value is -1.66. The van der Waals surface area contributed by atoms with Gasteiger partial charge in [0, 0.05) is 22.8 Å². The lowest BCUT2D eigenvalue weighted by Gasteiger charge is -2.11. The summed E-state index contributed by atoms with van der Waals surface area (Å²) in [4.78, 5) is 24.5. The topological polar surface area (TPSA) is 58.2 Å². The fraction of sp³-hybridized carbons (Fsp3) is 0.143. The van der Waals surface area contributed by atoms with Gasteiger partial charge in [-0.1, -0.05) is 6.07 Å². The van der Waals surface area contributed by atoms with Gasteiger partial charge in [0.05, 0.1) is 0 Å². The van der Waals surface area contributed by atoms with Crippen LogP contribution in [0, 0.1) is 6.92 Å². The maximum atomic E-state index is 12.2. The summed E-state index contributed by atoms with van der Waals surface area (Å²) in [5.74, 6) is -0.361. The number of rotatable bonds is 3. The molecule has 0 bridgehead atoms. The quantitative estimate of drug-likeness (QED) is 0.888. The molecule has 1 aromatic heterocycles. The highest BCUT2D eigenvalue weighted by Crippen LogP contribution is 2.25. The molecule has 0 atom stereocenters. The van der Waals surface area contributed by atoms with Crippen LogP contribution in [0.2, 0.25) is 0 Å².